The highest BCUT2D eigenvalue weighted by Crippen LogP contribution is 1.16. The maximum Gasteiger partial charge on any atom is -0.0776 e. The number of hydrogen-bond acceptors (Lipinski definition) is 4. The van der Waals surface area contributed by atoms with Gasteiger partial charge in [0, 0.05) is 0 Å². The second kappa shape index (κ2) is 52.5. The van der Waals surface area contributed by atoms with Gasteiger partial charge in [-0.2, -0.15) is 0 Å². The lowest BCUT2D eigenvalue weighted by Gasteiger charge is -1.53. The molecule has 0 rings (SSSR count). The molecule has 0 aliphatic heterocycles. The first-order valence-electron chi connectivity index (χ1n) is 0.855. The van der Waals surface area contributed by atoms with Crippen molar-refractivity contribution in [3.63, 3.8) is 0 Å². The molecule has 0 spiro atoms. The minimum Gasteiger partial charge on any atom is -0.696 e. The number of hydrogen-bond donors (Lipinski definition) is 0. The highest BCUT2D eigenvalue weighted by Gasteiger charge is 0.869. The first-order chi connectivity index (χ1) is 2.83. The molecule has 0 atom stereocenters. The monoisotopic (exact) mass is 132 g/mol. The van der Waals surface area contributed by atoms with E-state index >= 15 is 0 Å². The van der Waals surface area contributed by atoms with Crippen LogP contribution >= 0.6 is 0 Å². The second-order valence-electron chi connectivity index (χ2n) is 0.183. The number of rotatable bonds is 0. The van der Waals surface area contributed by atoms with E-state index in [9.17, 15) is 0 Å². The highest BCUT2D eigenvalue weighted by atomic mass is 32.1. The van der Waals surface area contributed by atoms with Gasteiger partial charge in [-0.3, -0.25) is 0 Å². The Morgan fingerprint density at radius 2 is 1.00 bits per heavy atom. The molecule has 0 aromatic carbocycles. The summed E-state index contributed by atoms with van der Waals surface area (Å²) >= 11 is 7.40. The lowest BCUT2D eigenvalue weighted by atomic mass is 11.8. The molecule has 0 aliphatic carbocycles. The molecule has 4 heteroatoms. The van der Waals surface area contributed by atoms with Gasteiger partial charge < -0.3 is 25.3 Å². The fraction of sp³-hybridized carbons (Fsp3) is 0.333. The van der Waals surface area contributed by atoms with Crippen molar-refractivity contribution in [2.24, 2.45) is 0 Å². The van der Waals surface area contributed by atoms with Crippen molar-refractivity contribution in [2.75, 3.05) is 0 Å². The zero-order chi connectivity index (χ0) is 5.41. The summed E-state index contributed by atoms with van der Waals surface area (Å²) in [6, 6.07) is 0. The van der Waals surface area contributed by atoms with Crippen LogP contribution in [0.2, 0.25) is 0 Å². The van der Waals surface area contributed by atoms with Crippen molar-refractivity contribution in [3.8, 4) is 10.8 Å². The summed E-state index contributed by atoms with van der Waals surface area (Å²) in [7, 11) is 0. The summed E-state index contributed by atoms with van der Waals surface area (Å²) in [4.78, 5) is 0. The van der Waals surface area contributed by atoms with Crippen molar-refractivity contribution in [1.82, 2.24) is 0 Å². The van der Waals surface area contributed by atoms with Crippen LogP contribution in [0.25, 0.3) is 0 Å². The van der Waals surface area contributed by atoms with Crippen LogP contribution < -0.4 is 0 Å². The van der Waals surface area contributed by atoms with Gasteiger partial charge in [0.1, 0.15) is 0 Å². The quantitative estimate of drug-likeness (QED) is 0.359. The third-order valence-electron chi connectivity index (χ3n) is 0. The van der Waals surface area contributed by atoms with Gasteiger partial charge in [0.05, 0.1) is 0 Å². The molecule has 40 valence electrons. The molecule has 0 unspecified atom stereocenters. The Labute approximate surface area is 54.6 Å². The second-order valence-corrected chi connectivity index (χ2v) is 0.548. The number of thiocyanates is 2. The fourth-order valence-corrected chi connectivity index (χ4v) is 0. The largest absolute Gasteiger partial charge is 0.696 e. The van der Waals surface area contributed by atoms with Gasteiger partial charge in [0.25, 0.3) is 0 Å². The normalized spacial score (nSPS) is 2.00. The molecule has 0 bridgehead atoms. The predicted molar refractivity (Wildman–Crippen MR) is 32.7 cm³/mol. The molecule has 0 N–H and O–H groups in total. The Kier molecular flexibility index (Phi) is 121. The predicted octanol–water partition coefficient (Wildman–Crippen LogP) is 0.665. The SMILES string of the molecule is C.N#C[S-].N#C[S-]. The molecular formula is C3H4N2S2-2. The van der Waals surface area contributed by atoms with Crippen LogP contribution in [0.1, 0.15) is 7.43 Å². The maximum atomic E-state index is 7.13. The summed E-state index contributed by atoms with van der Waals surface area (Å²) < 4.78 is 0. The van der Waals surface area contributed by atoms with Crippen LogP contribution in [-0.4, -0.2) is 0 Å². The van der Waals surface area contributed by atoms with Gasteiger partial charge in [0.2, 0.25) is 0 Å². The molecule has 0 aliphatic rings. The van der Waals surface area contributed by atoms with E-state index in [4.69, 9.17) is 10.5 Å². The minimum absolute atomic E-state index is 0. The van der Waals surface area contributed by atoms with E-state index < -0.39 is 0 Å². The average Bonchev–Trinajstić information content (AvgIpc) is 1.39. The minimum atomic E-state index is 0. The van der Waals surface area contributed by atoms with E-state index in [1.54, 1.807) is 0 Å². The summed E-state index contributed by atoms with van der Waals surface area (Å²) in [5, 5.41) is 16.9. The van der Waals surface area contributed by atoms with Gasteiger partial charge >= 0.3 is 0 Å². The van der Waals surface area contributed by atoms with Crippen molar-refractivity contribution in [3.05, 3.63) is 0 Å². The summed E-state index contributed by atoms with van der Waals surface area (Å²) in [5.74, 6) is 0. The van der Waals surface area contributed by atoms with Crippen molar-refractivity contribution in [1.29, 1.82) is 10.5 Å². The van der Waals surface area contributed by atoms with Crippen LogP contribution in [-0.2, 0) is 25.3 Å². The van der Waals surface area contributed by atoms with Crippen molar-refractivity contribution in [2.45, 2.75) is 7.43 Å². The Morgan fingerprint density at radius 3 is 1.00 bits per heavy atom. The number of nitrogens with zero attached hydrogens (tertiary/aromatic N) is 2. The van der Waals surface area contributed by atoms with E-state index in [1.165, 1.54) is 10.8 Å². The first kappa shape index (κ1) is 16.1. The van der Waals surface area contributed by atoms with Crippen molar-refractivity contribution < 1.29 is 0 Å². The molecule has 0 amide bonds. The molecule has 0 saturated carbocycles. The molecule has 0 saturated heterocycles. The zero-order valence-corrected chi connectivity index (χ0v) is 4.34. The van der Waals surface area contributed by atoms with Crippen LogP contribution in [0.5, 0.6) is 0 Å². The van der Waals surface area contributed by atoms with E-state index in [2.05, 4.69) is 25.3 Å². The Morgan fingerprint density at radius 1 is 1.00 bits per heavy atom. The Balaban J connectivity index is -0.0000000400. The lowest BCUT2D eigenvalue weighted by Crippen LogP contribution is -1.15. The molecule has 2 nitrogen and oxygen atoms in total. The third kappa shape index (κ3) is 188. The fourth-order valence-electron chi connectivity index (χ4n) is 0. The van der Waals surface area contributed by atoms with Gasteiger partial charge in [-0.15, -0.1) is 0 Å². The van der Waals surface area contributed by atoms with Crippen LogP contribution in [0.4, 0.5) is 0 Å². The maximum absolute atomic E-state index is 7.13. The van der Waals surface area contributed by atoms with Gasteiger partial charge in [-0.05, 0) is 0 Å². The molecule has 0 aromatic heterocycles. The summed E-state index contributed by atoms with van der Waals surface area (Å²) in [6.45, 7) is 0. The van der Waals surface area contributed by atoms with Gasteiger partial charge in [-0.25, -0.2) is 10.5 Å². The number of nitriles is 2. The molecule has 0 aromatic rings. The zero-order valence-electron chi connectivity index (χ0n) is 2.71. The molecule has 0 radical (unpaired) electrons. The lowest BCUT2D eigenvalue weighted by molar-refractivity contribution is 1.57. The Hall–Kier alpha value is -0.580. The van der Waals surface area contributed by atoms with E-state index in [0.29, 0.717) is 0 Å². The molecule has 0 heterocycles. The summed E-state index contributed by atoms with van der Waals surface area (Å²) in [5.41, 5.74) is 0. The standard InChI is InChI=1S/2CHNS.CH4/c2*2-1-3;/h2*3H;1H4/p-2. The smallest absolute Gasteiger partial charge is 0.0776 e. The van der Waals surface area contributed by atoms with Gasteiger partial charge in [-0.1, -0.05) is 18.2 Å². The Bertz CT molecular complexity index is 65.9. The third-order valence-corrected chi connectivity index (χ3v) is 0. The highest BCUT2D eigenvalue weighted by molar-refractivity contribution is 7.64. The van der Waals surface area contributed by atoms with Crippen LogP contribution in [0, 0.1) is 21.3 Å². The van der Waals surface area contributed by atoms with Crippen molar-refractivity contribution >= 4 is 25.3 Å². The van der Waals surface area contributed by atoms with Crippen LogP contribution in [0.15, 0.2) is 0 Å². The van der Waals surface area contributed by atoms with E-state index in [0.717, 1.165) is 0 Å². The van der Waals surface area contributed by atoms with E-state index in [-0.39, 0.29) is 7.43 Å². The molecular weight excluding hydrogens is 128 g/mol. The van der Waals surface area contributed by atoms with Gasteiger partial charge in [0.15, 0.2) is 0 Å². The first-order valence-corrected chi connectivity index (χ1v) is 1.67. The molecule has 7 heavy (non-hydrogen) atoms. The van der Waals surface area contributed by atoms with Crippen LogP contribution in [0.3, 0.4) is 0 Å². The molecule has 0 fully saturated rings. The summed E-state index contributed by atoms with van der Waals surface area (Å²) in [6.07, 6.45) is 0. The average molecular weight is 132 g/mol. The van der Waals surface area contributed by atoms with E-state index in [1.807, 2.05) is 0 Å². The topological polar surface area (TPSA) is 47.6 Å².